The first kappa shape index (κ1) is 13.6. The molecule has 3 atom stereocenters. The molecule has 0 amide bonds. The van der Waals surface area contributed by atoms with E-state index in [0.29, 0.717) is 12.0 Å². The number of rotatable bonds is 2. The Bertz CT molecular complexity index is 535. The third-order valence-electron chi connectivity index (χ3n) is 4.09. The lowest BCUT2D eigenvalue weighted by Gasteiger charge is -2.20. The van der Waals surface area contributed by atoms with Crippen LogP contribution >= 0.6 is 0 Å². The second kappa shape index (κ2) is 4.31. The summed E-state index contributed by atoms with van der Waals surface area (Å²) in [6, 6.07) is -1.79. The van der Waals surface area contributed by atoms with Gasteiger partial charge in [0.1, 0.15) is 11.7 Å². The summed E-state index contributed by atoms with van der Waals surface area (Å²) in [6.45, 7) is -0.487. The van der Waals surface area contributed by atoms with E-state index in [0.717, 1.165) is 0 Å². The number of amidine groups is 1. The summed E-state index contributed by atoms with van der Waals surface area (Å²) in [7, 11) is 1.49. The van der Waals surface area contributed by atoms with E-state index in [4.69, 9.17) is 5.11 Å². The molecule has 0 bridgehead atoms. The summed E-state index contributed by atoms with van der Waals surface area (Å²) < 4.78 is 52.2. The quantitative estimate of drug-likeness (QED) is 0.790. The van der Waals surface area contributed by atoms with Gasteiger partial charge in [-0.1, -0.05) is 0 Å². The number of hydrogen-bond acceptors (Lipinski definition) is 3. The second-order valence-electron chi connectivity index (χ2n) is 5.48. The van der Waals surface area contributed by atoms with Crippen molar-refractivity contribution in [2.45, 2.75) is 18.6 Å². The summed E-state index contributed by atoms with van der Waals surface area (Å²) in [5, 5.41) is 9.11. The summed E-state index contributed by atoms with van der Waals surface area (Å²) in [4.78, 5) is 5.03. The predicted octanol–water partition coefficient (Wildman–Crippen LogP) is 2.05. The molecule has 0 radical (unpaired) electrons. The minimum absolute atomic E-state index is 0.0514. The standard InChI is InChI=1S/C13H14F4N2O/c1-19-4-10(13(15,16)17)18-12(19)11-8-3-7(8)6(5-20)2-9(11)14/h2,7-8,10,20H,3-5H2,1H3. The molecule has 20 heavy (non-hydrogen) atoms. The first-order valence-electron chi connectivity index (χ1n) is 6.40. The average molecular weight is 290 g/mol. The Balaban J connectivity index is 1.95. The first-order chi connectivity index (χ1) is 9.32. The van der Waals surface area contributed by atoms with Crippen LogP contribution in [0.2, 0.25) is 0 Å². The van der Waals surface area contributed by atoms with Gasteiger partial charge in [0, 0.05) is 12.6 Å². The number of alkyl halides is 3. The van der Waals surface area contributed by atoms with Crippen LogP contribution in [0, 0.1) is 11.8 Å². The van der Waals surface area contributed by atoms with Crippen LogP contribution in [0.15, 0.2) is 28.0 Å². The molecule has 1 fully saturated rings. The highest BCUT2D eigenvalue weighted by molar-refractivity contribution is 6.01. The fraction of sp³-hybridized carbons (Fsp3) is 0.615. The zero-order valence-corrected chi connectivity index (χ0v) is 10.8. The van der Waals surface area contributed by atoms with Gasteiger partial charge in [-0.05, 0) is 29.9 Å². The van der Waals surface area contributed by atoms with E-state index in [-0.39, 0.29) is 36.4 Å². The van der Waals surface area contributed by atoms with Crippen molar-refractivity contribution in [3.8, 4) is 0 Å². The second-order valence-corrected chi connectivity index (χ2v) is 5.48. The third kappa shape index (κ3) is 2.04. The smallest absolute Gasteiger partial charge is 0.392 e. The van der Waals surface area contributed by atoms with Gasteiger partial charge in [-0.25, -0.2) is 4.39 Å². The number of likely N-dealkylation sites (N-methyl/N-ethyl adjacent to an activating group) is 1. The van der Waals surface area contributed by atoms with Crippen LogP contribution in [0.25, 0.3) is 0 Å². The highest BCUT2D eigenvalue weighted by Gasteiger charge is 2.51. The Morgan fingerprint density at radius 2 is 2.10 bits per heavy atom. The van der Waals surface area contributed by atoms with Gasteiger partial charge >= 0.3 is 6.18 Å². The van der Waals surface area contributed by atoms with Gasteiger partial charge in [-0.2, -0.15) is 13.2 Å². The van der Waals surface area contributed by atoms with Crippen LogP contribution in [0.3, 0.4) is 0 Å². The number of aliphatic imine (C=N–C) groups is 1. The third-order valence-corrected chi connectivity index (χ3v) is 4.09. The molecule has 0 spiro atoms. The van der Waals surface area contributed by atoms with Crippen molar-refractivity contribution in [3.63, 3.8) is 0 Å². The molecular weight excluding hydrogens is 276 g/mol. The number of aliphatic hydroxyl groups is 1. The van der Waals surface area contributed by atoms with Crippen molar-refractivity contribution >= 4 is 5.84 Å². The van der Waals surface area contributed by atoms with Crippen LogP contribution in [-0.4, -0.2) is 48.3 Å². The fourth-order valence-electron chi connectivity index (χ4n) is 2.97. The maximum absolute atomic E-state index is 14.1. The van der Waals surface area contributed by atoms with E-state index >= 15 is 0 Å². The van der Waals surface area contributed by atoms with Crippen molar-refractivity contribution < 1.29 is 22.7 Å². The Morgan fingerprint density at radius 3 is 2.65 bits per heavy atom. The van der Waals surface area contributed by atoms with Gasteiger partial charge < -0.3 is 10.0 Å². The van der Waals surface area contributed by atoms with E-state index in [1.54, 1.807) is 0 Å². The van der Waals surface area contributed by atoms with E-state index < -0.39 is 18.0 Å². The van der Waals surface area contributed by atoms with Gasteiger partial charge in [0.05, 0.1) is 13.2 Å². The molecule has 0 aromatic rings. The lowest BCUT2D eigenvalue weighted by Crippen LogP contribution is -2.33. The highest BCUT2D eigenvalue weighted by Crippen LogP contribution is 2.54. The molecule has 3 unspecified atom stereocenters. The maximum atomic E-state index is 14.1. The topological polar surface area (TPSA) is 35.8 Å². The Morgan fingerprint density at radius 1 is 1.40 bits per heavy atom. The summed E-state index contributed by atoms with van der Waals surface area (Å²) in [5.74, 6) is -0.558. The predicted molar refractivity (Wildman–Crippen MR) is 64.8 cm³/mol. The van der Waals surface area contributed by atoms with Crippen molar-refractivity contribution in [2.75, 3.05) is 20.2 Å². The molecule has 7 heteroatoms. The molecule has 0 aromatic carbocycles. The Kier molecular flexibility index (Phi) is 2.93. The molecule has 3 rings (SSSR count). The Hall–Kier alpha value is -1.37. The number of allylic oxidation sites excluding steroid dienone is 2. The van der Waals surface area contributed by atoms with Gasteiger partial charge in [0.25, 0.3) is 0 Å². The highest BCUT2D eigenvalue weighted by atomic mass is 19.4. The van der Waals surface area contributed by atoms with Crippen molar-refractivity contribution in [1.82, 2.24) is 4.90 Å². The molecule has 1 saturated carbocycles. The van der Waals surface area contributed by atoms with Crippen LogP contribution in [0.5, 0.6) is 0 Å². The van der Waals surface area contributed by atoms with Crippen molar-refractivity contribution in [3.05, 3.63) is 23.0 Å². The summed E-state index contributed by atoms with van der Waals surface area (Å²) in [6.07, 6.45) is -2.50. The molecule has 1 heterocycles. The molecule has 2 aliphatic carbocycles. The monoisotopic (exact) mass is 290 g/mol. The van der Waals surface area contributed by atoms with E-state index in [9.17, 15) is 17.6 Å². The lowest BCUT2D eigenvalue weighted by molar-refractivity contribution is -0.145. The van der Waals surface area contributed by atoms with Crippen LogP contribution in [0.1, 0.15) is 6.42 Å². The Labute approximate surface area is 113 Å². The maximum Gasteiger partial charge on any atom is 0.412 e. The number of aliphatic hydroxyl groups excluding tert-OH is 1. The summed E-state index contributed by atoms with van der Waals surface area (Å²) >= 11 is 0. The summed E-state index contributed by atoms with van der Waals surface area (Å²) in [5.41, 5.74) is 0.881. The van der Waals surface area contributed by atoms with Crippen LogP contribution in [-0.2, 0) is 0 Å². The molecule has 110 valence electrons. The van der Waals surface area contributed by atoms with Gasteiger partial charge in [-0.3, -0.25) is 4.99 Å². The average Bonchev–Trinajstić information content (AvgIpc) is 3.04. The van der Waals surface area contributed by atoms with Gasteiger partial charge in [-0.15, -0.1) is 0 Å². The van der Waals surface area contributed by atoms with Crippen LogP contribution < -0.4 is 0 Å². The molecular formula is C13H14F4N2O. The zero-order valence-electron chi connectivity index (χ0n) is 10.8. The molecule has 0 saturated heterocycles. The number of hydrogen-bond donors (Lipinski definition) is 1. The van der Waals surface area contributed by atoms with Crippen molar-refractivity contribution in [1.29, 1.82) is 0 Å². The number of fused-ring (bicyclic) bond motifs is 1. The number of nitrogens with zero attached hydrogens (tertiary/aromatic N) is 2. The first-order valence-corrected chi connectivity index (χ1v) is 6.40. The SMILES string of the molecule is CN1CC(C(F)(F)F)N=C1C1=C(F)C=C(CO)C2CC12. The number of halogens is 4. The molecule has 1 N–H and O–H groups in total. The molecule has 3 aliphatic rings. The van der Waals surface area contributed by atoms with E-state index in [1.165, 1.54) is 18.0 Å². The normalized spacial score (nSPS) is 33.1. The van der Waals surface area contributed by atoms with Crippen molar-refractivity contribution in [2.24, 2.45) is 16.8 Å². The molecule has 0 aromatic heterocycles. The van der Waals surface area contributed by atoms with E-state index in [2.05, 4.69) is 4.99 Å². The van der Waals surface area contributed by atoms with Crippen LogP contribution in [0.4, 0.5) is 17.6 Å². The minimum Gasteiger partial charge on any atom is -0.392 e. The van der Waals surface area contributed by atoms with Gasteiger partial charge in [0.15, 0.2) is 6.04 Å². The lowest BCUT2D eigenvalue weighted by atomic mass is 9.97. The largest absolute Gasteiger partial charge is 0.412 e. The van der Waals surface area contributed by atoms with E-state index in [1.807, 2.05) is 0 Å². The minimum atomic E-state index is -4.41. The fourth-order valence-corrected chi connectivity index (χ4v) is 2.97. The van der Waals surface area contributed by atoms with Gasteiger partial charge in [0.2, 0.25) is 0 Å². The zero-order chi connectivity index (χ0) is 14.7. The molecule has 3 nitrogen and oxygen atoms in total. The molecule has 1 aliphatic heterocycles.